The van der Waals surface area contributed by atoms with Crippen LogP contribution in [0.4, 0.5) is 5.82 Å². The molecular weight excluding hydrogens is 468 g/mol. The van der Waals surface area contributed by atoms with E-state index in [4.69, 9.17) is 19.9 Å². The topological polar surface area (TPSA) is 170 Å². The van der Waals surface area contributed by atoms with Gasteiger partial charge in [-0.05, 0) is 44.9 Å². The van der Waals surface area contributed by atoms with Crippen LogP contribution in [0.5, 0.6) is 0 Å². The molecular formula is C24H33N6O6-. The second-order valence-corrected chi connectivity index (χ2v) is 11.3. The van der Waals surface area contributed by atoms with Gasteiger partial charge in [0.25, 0.3) is 0 Å². The first-order valence-corrected chi connectivity index (χ1v) is 12.6. The summed E-state index contributed by atoms with van der Waals surface area (Å²) in [5.41, 5.74) is 5.20. The Morgan fingerprint density at radius 3 is 2.78 bits per heavy atom. The standard InChI is InChI=1S/C24H33N6O6/c1-22(2)35-16-14(9-31)34-21(17(16)36-22)30-11-28-15-19(26-10-27-20(15)30)29-12-4-6-23(3)7-5-13(32)18(25)24(23,33)8-12/h10-12,14,16-18,21,31H,4-9,25H2,1-3H3,(H,26,27,29)/q-1/t12-,14-,16?,17?,18+,21-,23-,24-/m1/s1. The minimum absolute atomic E-state index is 0.149. The number of carbonyl (C=O) groups excluding carboxylic acids is 1. The van der Waals surface area contributed by atoms with Gasteiger partial charge in [0.1, 0.15) is 30.4 Å². The Kier molecular flexibility index (Phi) is 5.46. The Morgan fingerprint density at radius 1 is 1.22 bits per heavy atom. The number of hydrogen-bond donors (Lipinski definition) is 3. The number of imidazole rings is 1. The number of aliphatic hydroxyl groups is 1. The summed E-state index contributed by atoms with van der Waals surface area (Å²) >= 11 is 0. The van der Waals surface area contributed by atoms with Crippen LogP contribution in [-0.2, 0) is 19.0 Å². The van der Waals surface area contributed by atoms with Crippen molar-refractivity contribution >= 4 is 22.8 Å². The van der Waals surface area contributed by atoms with Gasteiger partial charge in [-0.15, -0.1) is 0 Å². The van der Waals surface area contributed by atoms with Crippen LogP contribution in [0.1, 0.15) is 59.1 Å². The molecule has 2 aliphatic heterocycles. The molecule has 4 heterocycles. The zero-order chi connectivity index (χ0) is 25.5. The summed E-state index contributed by atoms with van der Waals surface area (Å²) in [6, 6.07) is -1.20. The van der Waals surface area contributed by atoms with Crippen LogP contribution >= 0.6 is 0 Å². The molecule has 0 radical (unpaired) electrons. The van der Waals surface area contributed by atoms with Crippen molar-refractivity contribution in [2.75, 3.05) is 11.9 Å². The van der Waals surface area contributed by atoms with Gasteiger partial charge in [-0.3, -0.25) is 9.36 Å². The fourth-order valence-electron chi connectivity index (χ4n) is 6.56. The highest BCUT2D eigenvalue weighted by atomic mass is 16.8. The van der Waals surface area contributed by atoms with E-state index in [1.807, 2.05) is 20.8 Å². The highest BCUT2D eigenvalue weighted by Crippen LogP contribution is 2.50. The summed E-state index contributed by atoms with van der Waals surface area (Å²) in [6.45, 7) is 5.43. The van der Waals surface area contributed by atoms with Crippen LogP contribution in [0.15, 0.2) is 12.7 Å². The lowest BCUT2D eigenvalue weighted by molar-refractivity contribution is -0.518. The third kappa shape index (κ3) is 3.50. The van der Waals surface area contributed by atoms with Crippen molar-refractivity contribution in [1.82, 2.24) is 19.5 Å². The van der Waals surface area contributed by atoms with Crippen LogP contribution in [-0.4, -0.2) is 78.8 Å². The summed E-state index contributed by atoms with van der Waals surface area (Å²) in [7, 11) is 0. The first kappa shape index (κ1) is 24.1. The molecule has 4 N–H and O–H groups in total. The van der Waals surface area contributed by atoms with Gasteiger partial charge >= 0.3 is 0 Å². The Labute approximate surface area is 208 Å². The summed E-state index contributed by atoms with van der Waals surface area (Å²) in [5.74, 6) is -0.443. The van der Waals surface area contributed by atoms with Crippen LogP contribution in [0, 0.1) is 5.41 Å². The predicted molar refractivity (Wildman–Crippen MR) is 124 cm³/mol. The fraction of sp³-hybridized carbons (Fsp3) is 0.750. The highest BCUT2D eigenvalue weighted by Gasteiger charge is 2.56. The first-order chi connectivity index (χ1) is 17.1. The number of hydrogen-bond acceptors (Lipinski definition) is 11. The molecule has 2 aliphatic carbocycles. The molecule has 12 heteroatoms. The number of ketones is 1. The van der Waals surface area contributed by atoms with Crippen molar-refractivity contribution < 1.29 is 29.2 Å². The maximum Gasteiger partial charge on any atom is 0.167 e. The van der Waals surface area contributed by atoms with E-state index in [1.165, 1.54) is 6.33 Å². The normalized spacial score (nSPS) is 41.9. The van der Waals surface area contributed by atoms with E-state index in [0.717, 1.165) is 6.42 Å². The number of nitrogens with zero attached hydrogens (tertiary/aromatic N) is 4. The largest absolute Gasteiger partial charge is 0.848 e. The molecule has 0 bridgehead atoms. The van der Waals surface area contributed by atoms with Gasteiger partial charge < -0.3 is 35.5 Å². The summed E-state index contributed by atoms with van der Waals surface area (Å²) in [4.78, 5) is 25.7. The van der Waals surface area contributed by atoms with Gasteiger partial charge in [0, 0.05) is 12.5 Å². The molecule has 196 valence electrons. The molecule has 2 aromatic rings. The highest BCUT2D eigenvalue weighted by molar-refractivity contribution is 5.86. The van der Waals surface area contributed by atoms with Crippen LogP contribution in [0.3, 0.4) is 0 Å². The summed E-state index contributed by atoms with van der Waals surface area (Å²) < 4.78 is 19.9. The molecule has 0 aromatic carbocycles. The summed E-state index contributed by atoms with van der Waals surface area (Å²) in [5, 5.41) is 27.1. The third-order valence-corrected chi connectivity index (χ3v) is 8.67. The maximum atomic E-state index is 13.9. The molecule has 6 rings (SSSR count). The molecule has 2 saturated carbocycles. The molecule has 0 spiro atoms. The zero-order valence-electron chi connectivity index (χ0n) is 20.7. The number of nitrogens with two attached hydrogens (primary N) is 1. The smallest absolute Gasteiger partial charge is 0.167 e. The van der Waals surface area contributed by atoms with Gasteiger partial charge in [0.05, 0.1) is 19.0 Å². The van der Waals surface area contributed by atoms with E-state index < -0.39 is 47.4 Å². The summed E-state index contributed by atoms with van der Waals surface area (Å²) in [6.07, 6.45) is 3.70. The fourth-order valence-corrected chi connectivity index (χ4v) is 6.56. The average Bonchev–Trinajstić information content (AvgIpc) is 3.49. The Bertz CT molecular complexity index is 1190. The van der Waals surface area contributed by atoms with E-state index in [-0.39, 0.29) is 24.9 Å². The molecule has 0 amide bonds. The van der Waals surface area contributed by atoms with Crippen molar-refractivity contribution in [1.29, 1.82) is 0 Å². The Morgan fingerprint density at radius 2 is 2.00 bits per heavy atom. The zero-order valence-corrected chi connectivity index (χ0v) is 20.7. The number of fused-ring (bicyclic) bond motifs is 3. The van der Waals surface area contributed by atoms with E-state index >= 15 is 0 Å². The molecule has 12 nitrogen and oxygen atoms in total. The maximum absolute atomic E-state index is 13.9. The van der Waals surface area contributed by atoms with Gasteiger partial charge in [-0.1, -0.05) is 12.5 Å². The number of aromatic nitrogens is 4. The second-order valence-electron chi connectivity index (χ2n) is 11.3. The number of nitrogens with one attached hydrogen (secondary N) is 1. The molecule has 4 aliphatic rings. The van der Waals surface area contributed by atoms with Crippen LogP contribution < -0.4 is 16.2 Å². The van der Waals surface area contributed by atoms with E-state index in [9.17, 15) is 15.0 Å². The van der Waals surface area contributed by atoms with Crippen LogP contribution in [0.25, 0.3) is 11.2 Å². The van der Waals surface area contributed by atoms with Gasteiger partial charge in [-0.25, -0.2) is 15.0 Å². The first-order valence-electron chi connectivity index (χ1n) is 12.6. The van der Waals surface area contributed by atoms with Crippen molar-refractivity contribution in [2.45, 2.75) is 101 Å². The van der Waals surface area contributed by atoms with Gasteiger partial charge in [0.2, 0.25) is 0 Å². The number of ether oxygens (including phenoxy) is 3. The lowest BCUT2D eigenvalue weighted by atomic mass is 9.54. The lowest BCUT2D eigenvalue weighted by Gasteiger charge is -2.64. The minimum Gasteiger partial charge on any atom is -0.848 e. The SMILES string of the molecule is CC1(C)OC2C(O1)[C@@H](CO)O[C@H]2n1cnc2c(N[C@@H]3CC[C@]4(C)CCC(=O)[C@H](N)[C@]4([O-])C3)ncnc21. The van der Waals surface area contributed by atoms with Gasteiger partial charge in [-0.2, -0.15) is 0 Å². The van der Waals surface area contributed by atoms with Crippen LogP contribution in [0.2, 0.25) is 0 Å². The van der Waals surface area contributed by atoms with E-state index in [1.54, 1.807) is 10.9 Å². The van der Waals surface area contributed by atoms with E-state index in [0.29, 0.717) is 36.2 Å². The monoisotopic (exact) mass is 501 g/mol. The Hall–Kier alpha value is -2.22. The van der Waals surface area contributed by atoms with Crippen molar-refractivity contribution in [2.24, 2.45) is 11.1 Å². The quantitative estimate of drug-likeness (QED) is 0.515. The second kappa shape index (κ2) is 8.14. The van der Waals surface area contributed by atoms with Crippen molar-refractivity contribution in [3.63, 3.8) is 0 Å². The molecule has 2 saturated heterocycles. The van der Waals surface area contributed by atoms with E-state index in [2.05, 4.69) is 20.3 Å². The van der Waals surface area contributed by atoms with Crippen molar-refractivity contribution in [3.05, 3.63) is 12.7 Å². The number of carbonyl (C=O) groups is 1. The molecule has 4 fully saturated rings. The minimum atomic E-state index is -1.53. The van der Waals surface area contributed by atoms with Crippen molar-refractivity contribution in [3.8, 4) is 0 Å². The number of anilines is 1. The molecule has 2 aromatic heterocycles. The number of Topliss-reactive ketones (excluding diaryl/α,β-unsaturated/α-hetero) is 1. The lowest BCUT2D eigenvalue weighted by Crippen LogP contribution is -2.74. The number of rotatable bonds is 4. The molecule has 8 atom stereocenters. The van der Waals surface area contributed by atoms with Gasteiger partial charge in [0.15, 0.2) is 29.0 Å². The predicted octanol–water partition coefficient (Wildman–Crippen LogP) is -0.00390. The average molecular weight is 502 g/mol. The molecule has 36 heavy (non-hydrogen) atoms. The molecule has 2 unspecified atom stereocenters. The number of aliphatic hydroxyl groups excluding tert-OH is 1. The Balaban J connectivity index is 1.27. The third-order valence-electron chi connectivity index (χ3n) is 8.67.